The molecular formula is C19H18N6O2. The molecule has 4 rings (SSSR count). The first-order valence-corrected chi connectivity index (χ1v) is 8.62. The minimum Gasteiger partial charge on any atom is -0.326 e. The van der Waals surface area contributed by atoms with Gasteiger partial charge in [0.1, 0.15) is 11.6 Å². The number of hydrogen-bond donors (Lipinski definition) is 3. The Balaban J connectivity index is 1.48. The van der Waals surface area contributed by atoms with E-state index >= 15 is 0 Å². The monoisotopic (exact) mass is 362 g/mol. The van der Waals surface area contributed by atoms with Crippen LogP contribution in [0.1, 0.15) is 30.1 Å². The molecular weight excluding hydrogens is 344 g/mol. The van der Waals surface area contributed by atoms with Crippen molar-refractivity contribution >= 4 is 23.3 Å². The zero-order chi connectivity index (χ0) is 18.8. The number of carbonyl (C=O) groups excluding carboxylic acids is 2. The smallest absolute Gasteiger partial charge is 0.226 e. The molecule has 8 heteroatoms. The molecule has 1 unspecified atom stereocenters. The number of aromatic nitrogens is 4. The Morgan fingerprint density at radius 2 is 2.15 bits per heavy atom. The zero-order valence-corrected chi connectivity index (χ0v) is 14.7. The van der Waals surface area contributed by atoms with Gasteiger partial charge in [0.2, 0.25) is 11.8 Å². The van der Waals surface area contributed by atoms with E-state index in [1.807, 2.05) is 31.2 Å². The fourth-order valence-electron chi connectivity index (χ4n) is 3.21. The summed E-state index contributed by atoms with van der Waals surface area (Å²) in [6, 6.07) is 11.1. The first-order valence-electron chi connectivity index (χ1n) is 8.62. The Bertz CT molecular complexity index is 1010. The molecule has 1 aromatic carbocycles. The van der Waals surface area contributed by atoms with E-state index in [0.717, 1.165) is 16.8 Å². The molecule has 3 aromatic rings. The van der Waals surface area contributed by atoms with Crippen LogP contribution in [0.3, 0.4) is 0 Å². The highest BCUT2D eigenvalue weighted by Crippen LogP contribution is 2.34. The molecule has 2 aromatic heterocycles. The van der Waals surface area contributed by atoms with Crippen LogP contribution in [0, 0.1) is 6.92 Å². The summed E-state index contributed by atoms with van der Waals surface area (Å²) in [5.41, 5.74) is 2.50. The van der Waals surface area contributed by atoms with Gasteiger partial charge >= 0.3 is 0 Å². The molecule has 136 valence electrons. The van der Waals surface area contributed by atoms with Crippen LogP contribution in [0.2, 0.25) is 0 Å². The Morgan fingerprint density at radius 3 is 2.96 bits per heavy atom. The van der Waals surface area contributed by atoms with E-state index in [2.05, 4.69) is 30.8 Å². The van der Waals surface area contributed by atoms with Crippen LogP contribution in [-0.4, -0.2) is 32.0 Å². The van der Waals surface area contributed by atoms with Crippen molar-refractivity contribution < 1.29 is 9.59 Å². The molecule has 0 aliphatic carbocycles. The second kappa shape index (κ2) is 6.99. The summed E-state index contributed by atoms with van der Waals surface area (Å²) in [5, 5.41) is 12.5. The first kappa shape index (κ1) is 16.9. The SMILES string of the molecule is Cc1nc(-c2ccnc(NC(=O)CC3CC(=O)Nc4ccccc43)c2)n[nH]1. The van der Waals surface area contributed by atoms with Crippen molar-refractivity contribution in [3.63, 3.8) is 0 Å². The van der Waals surface area contributed by atoms with Gasteiger partial charge in [0, 0.05) is 36.2 Å². The highest BCUT2D eigenvalue weighted by molar-refractivity contribution is 5.97. The summed E-state index contributed by atoms with van der Waals surface area (Å²) in [4.78, 5) is 32.9. The maximum absolute atomic E-state index is 12.5. The molecule has 8 nitrogen and oxygen atoms in total. The topological polar surface area (TPSA) is 113 Å². The van der Waals surface area contributed by atoms with Crippen LogP contribution >= 0.6 is 0 Å². The number of pyridine rings is 1. The molecule has 0 saturated carbocycles. The van der Waals surface area contributed by atoms with Crippen LogP contribution in [0.25, 0.3) is 11.4 Å². The average molecular weight is 362 g/mol. The van der Waals surface area contributed by atoms with Crippen molar-refractivity contribution in [1.82, 2.24) is 20.2 Å². The lowest BCUT2D eigenvalue weighted by Crippen LogP contribution is -2.26. The summed E-state index contributed by atoms with van der Waals surface area (Å²) in [5.74, 6) is 1.25. The number of benzene rings is 1. The quantitative estimate of drug-likeness (QED) is 0.660. The van der Waals surface area contributed by atoms with Crippen molar-refractivity contribution in [3.05, 3.63) is 54.0 Å². The molecule has 0 fully saturated rings. The van der Waals surface area contributed by atoms with E-state index in [0.29, 0.717) is 17.5 Å². The number of aromatic amines is 1. The predicted octanol–water partition coefficient (Wildman–Crippen LogP) is 2.63. The Hall–Kier alpha value is -3.55. The minimum atomic E-state index is -0.194. The van der Waals surface area contributed by atoms with Gasteiger partial charge in [-0.3, -0.25) is 14.7 Å². The molecule has 3 N–H and O–H groups in total. The van der Waals surface area contributed by atoms with E-state index in [-0.39, 0.29) is 30.6 Å². The molecule has 0 radical (unpaired) electrons. The third kappa shape index (κ3) is 3.69. The van der Waals surface area contributed by atoms with Crippen molar-refractivity contribution in [2.24, 2.45) is 0 Å². The summed E-state index contributed by atoms with van der Waals surface area (Å²) in [7, 11) is 0. The van der Waals surface area contributed by atoms with Gasteiger partial charge in [-0.15, -0.1) is 0 Å². The molecule has 0 bridgehead atoms. The predicted molar refractivity (Wildman–Crippen MR) is 100 cm³/mol. The second-order valence-corrected chi connectivity index (χ2v) is 6.46. The number of aryl methyl sites for hydroxylation is 1. The van der Waals surface area contributed by atoms with Gasteiger partial charge in [-0.05, 0) is 30.7 Å². The van der Waals surface area contributed by atoms with Crippen LogP contribution in [0.5, 0.6) is 0 Å². The highest BCUT2D eigenvalue weighted by atomic mass is 16.2. The average Bonchev–Trinajstić information content (AvgIpc) is 3.08. The van der Waals surface area contributed by atoms with Gasteiger partial charge in [-0.2, -0.15) is 5.10 Å². The number of carbonyl (C=O) groups is 2. The largest absolute Gasteiger partial charge is 0.326 e. The fraction of sp³-hybridized carbons (Fsp3) is 0.211. The van der Waals surface area contributed by atoms with Crippen molar-refractivity contribution in [3.8, 4) is 11.4 Å². The lowest BCUT2D eigenvalue weighted by atomic mass is 9.88. The Labute approximate surface area is 155 Å². The van der Waals surface area contributed by atoms with E-state index in [1.54, 1.807) is 18.3 Å². The standard InChI is InChI=1S/C19H18N6O2/c1-11-21-19(25-24-11)12-6-7-20-16(8-12)23-18(27)10-13-9-17(26)22-15-5-3-2-4-14(13)15/h2-8,13H,9-10H2,1H3,(H,22,26)(H,20,23,27)(H,21,24,25). The van der Waals surface area contributed by atoms with Crippen LogP contribution in [0.4, 0.5) is 11.5 Å². The number of hydrogen-bond acceptors (Lipinski definition) is 5. The van der Waals surface area contributed by atoms with Gasteiger partial charge in [-0.1, -0.05) is 18.2 Å². The molecule has 3 heterocycles. The summed E-state index contributed by atoms with van der Waals surface area (Å²) in [6.45, 7) is 1.82. The number of nitrogens with one attached hydrogen (secondary N) is 3. The van der Waals surface area contributed by atoms with E-state index in [9.17, 15) is 9.59 Å². The summed E-state index contributed by atoms with van der Waals surface area (Å²) >= 11 is 0. The first-order chi connectivity index (χ1) is 13.1. The number of anilines is 2. The Kier molecular flexibility index (Phi) is 4.37. The highest BCUT2D eigenvalue weighted by Gasteiger charge is 2.26. The van der Waals surface area contributed by atoms with Crippen molar-refractivity contribution in [2.75, 3.05) is 10.6 Å². The maximum atomic E-state index is 12.5. The third-order valence-corrected chi connectivity index (χ3v) is 4.42. The zero-order valence-electron chi connectivity index (χ0n) is 14.7. The van der Waals surface area contributed by atoms with Gasteiger partial charge in [-0.25, -0.2) is 9.97 Å². The number of rotatable bonds is 4. The van der Waals surface area contributed by atoms with E-state index in [4.69, 9.17) is 0 Å². The Morgan fingerprint density at radius 1 is 1.30 bits per heavy atom. The number of fused-ring (bicyclic) bond motifs is 1. The van der Waals surface area contributed by atoms with Gasteiger partial charge in [0.25, 0.3) is 0 Å². The van der Waals surface area contributed by atoms with Crippen LogP contribution < -0.4 is 10.6 Å². The minimum absolute atomic E-state index is 0.0772. The number of H-pyrrole nitrogens is 1. The maximum Gasteiger partial charge on any atom is 0.226 e. The molecule has 1 atom stereocenters. The molecule has 2 amide bonds. The molecule has 1 aliphatic rings. The third-order valence-electron chi connectivity index (χ3n) is 4.42. The second-order valence-electron chi connectivity index (χ2n) is 6.46. The van der Waals surface area contributed by atoms with E-state index in [1.165, 1.54) is 0 Å². The van der Waals surface area contributed by atoms with Gasteiger partial charge in [0.15, 0.2) is 5.82 Å². The van der Waals surface area contributed by atoms with Gasteiger partial charge < -0.3 is 10.6 Å². The fourth-order valence-corrected chi connectivity index (χ4v) is 3.21. The van der Waals surface area contributed by atoms with Crippen molar-refractivity contribution in [1.29, 1.82) is 0 Å². The number of nitrogens with zero attached hydrogens (tertiary/aromatic N) is 3. The number of amides is 2. The van der Waals surface area contributed by atoms with E-state index < -0.39 is 0 Å². The lowest BCUT2D eigenvalue weighted by Gasteiger charge is -2.25. The van der Waals surface area contributed by atoms with Crippen LogP contribution in [-0.2, 0) is 9.59 Å². The molecule has 1 aliphatic heterocycles. The molecule has 0 saturated heterocycles. The summed E-state index contributed by atoms with van der Waals surface area (Å²) in [6.07, 6.45) is 2.09. The molecule has 0 spiro atoms. The van der Waals surface area contributed by atoms with Crippen molar-refractivity contribution in [2.45, 2.75) is 25.7 Å². The number of para-hydroxylation sites is 1. The normalized spacial score (nSPS) is 15.7. The lowest BCUT2D eigenvalue weighted by molar-refractivity contribution is -0.118. The summed E-state index contributed by atoms with van der Waals surface area (Å²) < 4.78 is 0. The van der Waals surface area contributed by atoms with Crippen LogP contribution in [0.15, 0.2) is 42.6 Å². The molecule has 27 heavy (non-hydrogen) atoms. The van der Waals surface area contributed by atoms with Gasteiger partial charge in [0.05, 0.1) is 0 Å².